The standard InChI is InChI=1S/C21H36N4O4S/c22-14-10-16-30(27,28)15-9-5-8-13-20-19(21(26)29-20)12-7-4-2-1-3-6-11-18-17-23-25-24-18/h3,6,17,19-20H,1-2,4-5,7-16,22H2,(H,23,24,25)/p+1. The van der Waals surface area contributed by atoms with Crippen LogP contribution in [0.1, 0.15) is 70.6 Å². The third-order valence-electron chi connectivity index (χ3n) is 5.52. The summed E-state index contributed by atoms with van der Waals surface area (Å²) in [6.45, 7) is 0.412. The number of rotatable bonds is 17. The zero-order chi connectivity index (χ0) is 21.7. The van der Waals surface area contributed by atoms with Crippen molar-refractivity contribution in [2.75, 3.05) is 18.1 Å². The molecule has 30 heavy (non-hydrogen) atoms. The summed E-state index contributed by atoms with van der Waals surface area (Å²) in [6.07, 6.45) is 16.1. The Kier molecular flexibility index (Phi) is 11.2. The molecule has 8 nitrogen and oxygen atoms in total. The molecule has 9 heteroatoms. The molecule has 1 saturated heterocycles. The van der Waals surface area contributed by atoms with E-state index in [0.29, 0.717) is 19.4 Å². The Labute approximate surface area is 180 Å². The highest BCUT2D eigenvalue weighted by molar-refractivity contribution is 7.91. The molecule has 2 aliphatic rings. The van der Waals surface area contributed by atoms with Crippen LogP contribution in [0.3, 0.4) is 0 Å². The summed E-state index contributed by atoms with van der Waals surface area (Å²) in [5.74, 6) is 0.379. The van der Waals surface area contributed by atoms with Gasteiger partial charge in [0, 0.05) is 11.6 Å². The van der Waals surface area contributed by atoms with Crippen molar-refractivity contribution in [1.82, 2.24) is 0 Å². The molecule has 2 aliphatic heterocycles. The third kappa shape index (κ3) is 9.49. The van der Waals surface area contributed by atoms with Gasteiger partial charge in [0.2, 0.25) is 0 Å². The van der Waals surface area contributed by atoms with Crippen molar-refractivity contribution in [1.29, 1.82) is 0 Å². The monoisotopic (exact) mass is 441 g/mol. The number of nitrogens with zero attached hydrogens (tertiary/aromatic N) is 2. The summed E-state index contributed by atoms with van der Waals surface area (Å²) in [6, 6.07) is 0. The first-order valence-electron chi connectivity index (χ1n) is 11.2. The van der Waals surface area contributed by atoms with Gasteiger partial charge in [-0.2, -0.15) is 5.43 Å². The largest absolute Gasteiger partial charge is 0.461 e. The van der Waals surface area contributed by atoms with Crippen molar-refractivity contribution < 1.29 is 23.4 Å². The minimum absolute atomic E-state index is 0.0249. The molecular formula is C21H37N4O4S+. The molecular weight excluding hydrogens is 404 g/mol. The zero-order valence-corrected chi connectivity index (χ0v) is 18.7. The van der Waals surface area contributed by atoms with E-state index in [0.717, 1.165) is 63.5 Å². The van der Waals surface area contributed by atoms with Crippen molar-refractivity contribution >= 4 is 15.8 Å². The van der Waals surface area contributed by atoms with Gasteiger partial charge in [-0.1, -0.05) is 36.5 Å². The zero-order valence-electron chi connectivity index (χ0n) is 17.9. The highest BCUT2D eigenvalue weighted by atomic mass is 32.2. The summed E-state index contributed by atoms with van der Waals surface area (Å²) in [4.78, 5) is 11.7. The lowest BCUT2D eigenvalue weighted by Crippen LogP contribution is -2.69. The lowest BCUT2D eigenvalue weighted by atomic mass is 9.87. The molecule has 0 bridgehead atoms. The fourth-order valence-corrected chi connectivity index (χ4v) is 5.16. The van der Waals surface area contributed by atoms with Gasteiger partial charge in [-0.25, -0.2) is 8.42 Å². The average Bonchev–Trinajstić information content (AvgIpc) is 3.23. The van der Waals surface area contributed by atoms with Gasteiger partial charge in [0.25, 0.3) is 0 Å². The van der Waals surface area contributed by atoms with E-state index < -0.39 is 9.84 Å². The Morgan fingerprint density at radius 2 is 1.80 bits per heavy atom. The number of ether oxygens (including phenoxy) is 1. The topological polar surface area (TPSA) is 128 Å². The maximum atomic E-state index is 11.8. The fourth-order valence-electron chi connectivity index (χ4n) is 3.71. The van der Waals surface area contributed by atoms with E-state index in [2.05, 4.69) is 22.5 Å². The van der Waals surface area contributed by atoms with Crippen LogP contribution in [-0.2, 0) is 19.4 Å². The number of quaternary nitrogens is 1. The van der Waals surface area contributed by atoms with Crippen LogP contribution in [0.4, 0.5) is 0 Å². The van der Waals surface area contributed by atoms with Gasteiger partial charge in [0.1, 0.15) is 27.8 Å². The summed E-state index contributed by atoms with van der Waals surface area (Å²) < 4.78 is 28.9. The van der Waals surface area contributed by atoms with Crippen LogP contribution in [0.15, 0.2) is 34.4 Å². The van der Waals surface area contributed by atoms with Crippen LogP contribution < -0.4 is 11.2 Å². The molecule has 170 valence electrons. The van der Waals surface area contributed by atoms with E-state index in [4.69, 9.17) is 10.5 Å². The Bertz CT molecular complexity index is 719. The Hall–Kier alpha value is -1.58. The molecule has 2 unspecified atom stereocenters. The molecule has 0 aromatic heterocycles. The summed E-state index contributed by atoms with van der Waals surface area (Å²) >= 11 is 0. The quantitative estimate of drug-likeness (QED) is 0.155. The average molecular weight is 442 g/mol. The first kappa shape index (κ1) is 24.7. The van der Waals surface area contributed by atoms with Gasteiger partial charge in [0.15, 0.2) is 0 Å². The number of carbonyl (C=O) groups is 1. The van der Waals surface area contributed by atoms with Crippen molar-refractivity contribution in [3.8, 4) is 0 Å². The Balaban J connectivity index is 1.47. The number of unbranched alkanes of at least 4 members (excludes halogenated alkanes) is 5. The minimum atomic E-state index is -2.97. The predicted molar refractivity (Wildman–Crippen MR) is 116 cm³/mol. The van der Waals surface area contributed by atoms with E-state index in [9.17, 15) is 13.2 Å². The van der Waals surface area contributed by atoms with E-state index in [1.54, 1.807) is 5.43 Å². The minimum Gasteiger partial charge on any atom is -0.461 e. The number of hydrogen-bond donors (Lipinski definition) is 2. The molecule has 4 N–H and O–H groups in total. The maximum absolute atomic E-state index is 11.8. The molecule has 0 aromatic rings. The van der Waals surface area contributed by atoms with Crippen LogP contribution in [0.2, 0.25) is 0 Å². The highest BCUT2D eigenvalue weighted by Gasteiger charge is 2.40. The Morgan fingerprint density at radius 1 is 1.03 bits per heavy atom. The molecule has 0 aliphatic carbocycles. The SMILES string of the molecule is NCCCS(=O)(=O)CCCCCC1OC(=O)C1CCCCCC=CCC1=C[NH2+]N=N1. The van der Waals surface area contributed by atoms with Crippen molar-refractivity contribution in [3.05, 3.63) is 24.0 Å². The normalized spacial score (nSPS) is 21.1. The second-order valence-electron chi connectivity index (χ2n) is 8.06. The molecule has 2 atom stereocenters. The van der Waals surface area contributed by atoms with Gasteiger partial charge in [-0.3, -0.25) is 4.79 Å². The smallest absolute Gasteiger partial charge is 0.313 e. The highest BCUT2D eigenvalue weighted by Crippen LogP contribution is 2.31. The fraction of sp³-hybridized carbons (Fsp3) is 0.762. The van der Waals surface area contributed by atoms with Gasteiger partial charge in [0.05, 0.1) is 17.4 Å². The Morgan fingerprint density at radius 3 is 2.53 bits per heavy atom. The number of carbonyl (C=O) groups excluding carboxylic acids is 1. The maximum Gasteiger partial charge on any atom is 0.313 e. The van der Waals surface area contributed by atoms with Crippen LogP contribution >= 0.6 is 0 Å². The van der Waals surface area contributed by atoms with E-state index >= 15 is 0 Å². The molecule has 0 spiro atoms. The van der Waals surface area contributed by atoms with Crippen molar-refractivity contribution in [2.24, 2.45) is 22.0 Å². The van der Waals surface area contributed by atoms with Gasteiger partial charge in [-0.05, 0) is 51.5 Å². The van der Waals surface area contributed by atoms with Gasteiger partial charge < -0.3 is 10.5 Å². The van der Waals surface area contributed by atoms with Crippen LogP contribution in [0.25, 0.3) is 0 Å². The summed E-state index contributed by atoms with van der Waals surface area (Å²) in [5, 5.41) is 7.79. The number of hydrogen-bond acceptors (Lipinski definition) is 7. The number of allylic oxidation sites excluding steroid dienone is 2. The summed E-state index contributed by atoms with van der Waals surface area (Å²) in [7, 11) is -2.97. The first-order chi connectivity index (χ1) is 14.5. The predicted octanol–water partition coefficient (Wildman–Crippen LogP) is 2.53. The van der Waals surface area contributed by atoms with Crippen LogP contribution in [0.5, 0.6) is 0 Å². The third-order valence-corrected chi connectivity index (χ3v) is 7.34. The lowest BCUT2D eigenvalue weighted by Gasteiger charge is -2.35. The summed E-state index contributed by atoms with van der Waals surface area (Å²) in [5.41, 5.74) is 8.07. The molecule has 0 radical (unpaired) electrons. The molecule has 2 heterocycles. The van der Waals surface area contributed by atoms with Crippen molar-refractivity contribution in [2.45, 2.75) is 76.7 Å². The van der Waals surface area contributed by atoms with E-state index in [-0.39, 0.29) is 29.5 Å². The number of cyclic esters (lactones) is 1. The van der Waals surface area contributed by atoms with Gasteiger partial charge in [-0.15, -0.1) is 0 Å². The van der Waals surface area contributed by atoms with E-state index in [1.165, 1.54) is 0 Å². The number of esters is 1. The molecule has 0 amide bonds. The second-order valence-corrected chi connectivity index (χ2v) is 10.4. The number of sulfone groups is 1. The first-order valence-corrected chi connectivity index (χ1v) is 13.0. The molecule has 0 saturated carbocycles. The van der Waals surface area contributed by atoms with Crippen molar-refractivity contribution in [3.63, 3.8) is 0 Å². The van der Waals surface area contributed by atoms with Crippen LogP contribution in [-0.4, -0.2) is 38.5 Å². The van der Waals surface area contributed by atoms with E-state index in [1.807, 2.05) is 6.20 Å². The molecule has 2 rings (SSSR count). The number of nitrogens with two attached hydrogens (primary N) is 2. The second kappa shape index (κ2) is 13.7. The lowest BCUT2D eigenvalue weighted by molar-refractivity contribution is -0.595. The van der Waals surface area contributed by atoms with Crippen LogP contribution in [0, 0.1) is 5.92 Å². The molecule has 1 fully saturated rings. The molecule has 0 aromatic carbocycles. The van der Waals surface area contributed by atoms with Gasteiger partial charge >= 0.3 is 5.97 Å².